The molecular weight excluding hydrogens is 481 g/mol. The van der Waals surface area contributed by atoms with E-state index in [2.05, 4.69) is 25.2 Å². The number of imidazole rings is 1. The number of fused-ring (bicyclic) bond motifs is 1. The molecule has 11 nitrogen and oxygen atoms in total. The third-order valence-corrected chi connectivity index (χ3v) is 6.31. The predicted octanol–water partition coefficient (Wildman–Crippen LogP) is 1.31. The first-order chi connectivity index (χ1) is 18.0. The van der Waals surface area contributed by atoms with Gasteiger partial charge in [-0.15, -0.1) is 0 Å². The molecule has 5 rings (SSSR count). The average Bonchev–Trinajstić information content (AvgIpc) is 3.27. The Kier molecular flexibility index (Phi) is 6.73. The molecule has 1 aliphatic heterocycles. The Labute approximate surface area is 211 Å². The van der Waals surface area contributed by atoms with Gasteiger partial charge >= 0.3 is 5.69 Å². The summed E-state index contributed by atoms with van der Waals surface area (Å²) in [6, 6.07) is 11.2. The number of amides is 1. The van der Waals surface area contributed by atoms with Crippen LogP contribution in [0.1, 0.15) is 10.4 Å². The molecule has 0 saturated carbocycles. The molecule has 4 aromatic rings. The molecule has 192 valence electrons. The van der Waals surface area contributed by atoms with Crippen molar-refractivity contribution in [2.45, 2.75) is 0 Å². The number of piperazine rings is 1. The number of anilines is 2. The molecule has 0 unspecified atom stereocenters. The van der Waals surface area contributed by atoms with Crippen LogP contribution in [0, 0.1) is 5.82 Å². The molecular formula is C25H26FN7O4. The summed E-state index contributed by atoms with van der Waals surface area (Å²) in [7, 11) is 1.58. The Morgan fingerprint density at radius 1 is 1.11 bits per heavy atom. The van der Waals surface area contributed by atoms with Crippen molar-refractivity contribution in [2.75, 3.05) is 56.2 Å². The minimum Gasteiger partial charge on any atom is -0.495 e. The number of rotatable bonds is 7. The summed E-state index contributed by atoms with van der Waals surface area (Å²) in [6.45, 7) is 2.38. The molecule has 3 N–H and O–H groups in total. The van der Waals surface area contributed by atoms with Crippen LogP contribution in [-0.4, -0.2) is 77.0 Å². The van der Waals surface area contributed by atoms with E-state index in [9.17, 15) is 14.0 Å². The van der Waals surface area contributed by atoms with E-state index >= 15 is 0 Å². The molecule has 3 heterocycles. The fraction of sp³-hybridized carbons (Fsp3) is 0.280. The normalized spacial score (nSPS) is 13.7. The Morgan fingerprint density at radius 3 is 2.59 bits per heavy atom. The number of aromatic nitrogens is 4. The highest BCUT2D eigenvalue weighted by Crippen LogP contribution is 2.31. The number of para-hydroxylation sites is 1. The van der Waals surface area contributed by atoms with E-state index in [1.807, 2.05) is 4.90 Å². The van der Waals surface area contributed by atoms with Gasteiger partial charge in [-0.1, -0.05) is 12.1 Å². The average molecular weight is 508 g/mol. The fourth-order valence-corrected chi connectivity index (χ4v) is 4.51. The number of benzene rings is 2. The summed E-state index contributed by atoms with van der Waals surface area (Å²) in [6.07, 6.45) is 1.37. The second-order valence-corrected chi connectivity index (χ2v) is 8.45. The molecule has 1 saturated heterocycles. The van der Waals surface area contributed by atoms with Gasteiger partial charge in [-0.25, -0.2) is 23.7 Å². The third kappa shape index (κ3) is 4.58. The molecule has 0 spiro atoms. The molecule has 37 heavy (non-hydrogen) atoms. The summed E-state index contributed by atoms with van der Waals surface area (Å²) >= 11 is 0. The maximum atomic E-state index is 14.4. The van der Waals surface area contributed by atoms with Crippen LogP contribution in [0.5, 0.6) is 5.75 Å². The minimum atomic E-state index is -0.527. The Hall–Kier alpha value is -4.45. The van der Waals surface area contributed by atoms with Crippen molar-refractivity contribution >= 4 is 28.6 Å². The van der Waals surface area contributed by atoms with Gasteiger partial charge in [-0.3, -0.25) is 4.79 Å². The number of nitrogens with zero attached hydrogens (tertiary/aromatic N) is 5. The van der Waals surface area contributed by atoms with Gasteiger partial charge in [0.2, 0.25) is 0 Å². The highest BCUT2D eigenvalue weighted by atomic mass is 19.1. The second-order valence-electron chi connectivity index (χ2n) is 8.45. The van der Waals surface area contributed by atoms with E-state index in [0.29, 0.717) is 54.5 Å². The standard InChI is InChI=1S/C25H26FN7O4/c1-37-20-7-6-16(24(35)27-8-13-34)14-19(20)31-9-11-32(12-10-31)22-21-23(29-15-28-22)33(25(36)30-21)18-5-3-2-4-17(18)26/h2-7,14-15,34H,8-13H2,1H3,(H,27,35)(H,30,36). The molecule has 0 radical (unpaired) electrons. The maximum absolute atomic E-state index is 14.4. The topological polar surface area (TPSA) is 129 Å². The fourth-order valence-electron chi connectivity index (χ4n) is 4.51. The Bertz CT molecular complexity index is 1490. The maximum Gasteiger partial charge on any atom is 0.332 e. The van der Waals surface area contributed by atoms with Crippen molar-refractivity contribution in [2.24, 2.45) is 0 Å². The SMILES string of the molecule is COc1ccc(C(=O)NCCO)cc1N1CCN(c2ncnc3c2[nH]c(=O)n3-c2ccccc2F)CC1. The van der Waals surface area contributed by atoms with Crippen LogP contribution in [-0.2, 0) is 0 Å². The van der Waals surface area contributed by atoms with Crippen LogP contribution in [0.25, 0.3) is 16.9 Å². The number of carbonyl (C=O) groups excluding carboxylic acids is 1. The molecule has 0 bridgehead atoms. The van der Waals surface area contributed by atoms with Crippen molar-refractivity contribution in [1.29, 1.82) is 0 Å². The van der Waals surface area contributed by atoms with Gasteiger partial charge in [0.05, 0.1) is 25.1 Å². The van der Waals surface area contributed by atoms with Crippen LogP contribution < -0.4 is 25.5 Å². The van der Waals surface area contributed by atoms with Gasteiger partial charge in [-0.05, 0) is 30.3 Å². The lowest BCUT2D eigenvalue weighted by Gasteiger charge is -2.37. The van der Waals surface area contributed by atoms with Gasteiger partial charge in [0, 0.05) is 38.3 Å². The summed E-state index contributed by atoms with van der Waals surface area (Å²) in [4.78, 5) is 40.8. The molecule has 2 aromatic carbocycles. The first-order valence-electron chi connectivity index (χ1n) is 11.8. The lowest BCUT2D eigenvalue weighted by molar-refractivity contribution is 0.0944. The number of ether oxygens (including phenoxy) is 1. The number of halogens is 1. The highest BCUT2D eigenvalue weighted by molar-refractivity contribution is 5.95. The lowest BCUT2D eigenvalue weighted by atomic mass is 10.1. The summed E-state index contributed by atoms with van der Waals surface area (Å²) in [5.74, 6) is 0.396. The molecule has 0 aliphatic carbocycles. The number of H-pyrrole nitrogens is 1. The molecule has 1 fully saturated rings. The minimum absolute atomic E-state index is 0.114. The quantitative estimate of drug-likeness (QED) is 0.342. The van der Waals surface area contributed by atoms with Crippen LogP contribution in [0.4, 0.5) is 15.9 Å². The van der Waals surface area contributed by atoms with Crippen molar-refractivity contribution < 1.29 is 19.0 Å². The van der Waals surface area contributed by atoms with Gasteiger partial charge in [0.1, 0.15) is 23.4 Å². The Morgan fingerprint density at radius 2 is 1.86 bits per heavy atom. The molecule has 0 atom stereocenters. The number of nitrogens with one attached hydrogen (secondary N) is 2. The molecule has 12 heteroatoms. The zero-order valence-electron chi connectivity index (χ0n) is 20.1. The van der Waals surface area contributed by atoms with Crippen molar-refractivity contribution in [1.82, 2.24) is 24.8 Å². The number of hydrogen-bond acceptors (Lipinski definition) is 8. The molecule has 1 aliphatic rings. The first kappa shape index (κ1) is 24.3. The van der Waals surface area contributed by atoms with E-state index in [4.69, 9.17) is 9.84 Å². The Balaban J connectivity index is 1.40. The van der Waals surface area contributed by atoms with Crippen molar-refractivity contribution in [3.05, 3.63) is 70.7 Å². The number of carbonyl (C=O) groups is 1. The number of hydrogen-bond donors (Lipinski definition) is 3. The van der Waals surface area contributed by atoms with E-state index < -0.39 is 11.5 Å². The van der Waals surface area contributed by atoms with Gasteiger partial charge in [-0.2, -0.15) is 0 Å². The van der Waals surface area contributed by atoms with Crippen molar-refractivity contribution in [3.8, 4) is 11.4 Å². The van der Waals surface area contributed by atoms with Crippen molar-refractivity contribution in [3.63, 3.8) is 0 Å². The van der Waals surface area contributed by atoms with Crippen LogP contribution in [0.2, 0.25) is 0 Å². The molecule has 1 amide bonds. The van der Waals surface area contributed by atoms with E-state index in [0.717, 1.165) is 5.69 Å². The van der Waals surface area contributed by atoms with Crippen LogP contribution >= 0.6 is 0 Å². The summed E-state index contributed by atoms with van der Waals surface area (Å²) < 4.78 is 21.2. The van der Waals surface area contributed by atoms with E-state index in [1.165, 1.54) is 23.0 Å². The zero-order chi connectivity index (χ0) is 25.9. The summed E-state index contributed by atoms with van der Waals surface area (Å²) in [5.41, 5.74) is 1.60. The van der Waals surface area contributed by atoms with E-state index in [1.54, 1.807) is 37.4 Å². The number of methoxy groups -OCH3 is 1. The number of aliphatic hydroxyl groups excluding tert-OH is 1. The predicted molar refractivity (Wildman–Crippen MR) is 136 cm³/mol. The first-order valence-corrected chi connectivity index (χ1v) is 11.8. The van der Waals surface area contributed by atoms with Gasteiger partial charge in [0.15, 0.2) is 11.5 Å². The number of aromatic amines is 1. The van der Waals surface area contributed by atoms with E-state index in [-0.39, 0.29) is 24.7 Å². The zero-order valence-corrected chi connectivity index (χ0v) is 20.1. The molecule has 2 aromatic heterocycles. The largest absolute Gasteiger partial charge is 0.495 e. The second kappa shape index (κ2) is 10.3. The lowest BCUT2D eigenvalue weighted by Crippen LogP contribution is -2.47. The smallest absolute Gasteiger partial charge is 0.332 e. The van der Waals surface area contributed by atoms with Gasteiger partial charge < -0.3 is 29.9 Å². The van der Waals surface area contributed by atoms with Gasteiger partial charge in [0.25, 0.3) is 5.91 Å². The van der Waals surface area contributed by atoms with Crippen LogP contribution in [0.3, 0.4) is 0 Å². The third-order valence-electron chi connectivity index (χ3n) is 6.31. The highest BCUT2D eigenvalue weighted by Gasteiger charge is 2.25. The number of aliphatic hydroxyl groups is 1. The van der Waals surface area contributed by atoms with Crippen LogP contribution in [0.15, 0.2) is 53.6 Å². The summed E-state index contributed by atoms with van der Waals surface area (Å²) in [5, 5.41) is 11.6. The monoisotopic (exact) mass is 507 g/mol.